The smallest absolute Gasteiger partial charge is 0.247 e. The Morgan fingerprint density at radius 2 is 2.19 bits per heavy atom. The van der Waals surface area contributed by atoms with Crippen molar-refractivity contribution >= 4 is 44.6 Å². The van der Waals surface area contributed by atoms with Gasteiger partial charge in [-0.05, 0) is 34.0 Å². The molecular formula is C14H13ClN6O3S2. The second-order valence-corrected chi connectivity index (χ2v) is 8.21. The first-order chi connectivity index (χ1) is 12.3. The predicted molar refractivity (Wildman–Crippen MR) is 97.6 cm³/mol. The Labute approximate surface area is 157 Å². The largest absolute Gasteiger partial charge is 0.380 e. The van der Waals surface area contributed by atoms with Crippen molar-refractivity contribution in [3.63, 3.8) is 0 Å². The quantitative estimate of drug-likeness (QED) is 0.612. The first-order valence-corrected chi connectivity index (χ1v) is 10.00. The highest BCUT2D eigenvalue weighted by molar-refractivity contribution is 7.89. The van der Waals surface area contributed by atoms with Crippen LogP contribution in [0.2, 0.25) is 5.02 Å². The van der Waals surface area contributed by atoms with Crippen LogP contribution in [0.5, 0.6) is 0 Å². The van der Waals surface area contributed by atoms with Gasteiger partial charge in [-0.15, -0.1) is 16.4 Å². The summed E-state index contributed by atoms with van der Waals surface area (Å²) in [5.74, 6) is -0.353. The van der Waals surface area contributed by atoms with Crippen molar-refractivity contribution < 1.29 is 13.2 Å². The number of carbonyl (C=O) groups excluding carboxylic acids is 1. The summed E-state index contributed by atoms with van der Waals surface area (Å²) in [5.41, 5.74) is 0.753. The van der Waals surface area contributed by atoms with E-state index < -0.39 is 15.9 Å². The maximum atomic E-state index is 11.8. The van der Waals surface area contributed by atoms with E-state index in [-0.39, 0.29) is 21.3 Å². The topological polar surface area (TPSA) is 133 Å². The van der Waals surface area contributed by atoms with Gasteiger partial charge in [-0.1, -0.05) is 17.7 Å². The molecule has 1 aromatic carbocycles. The van der Waals surface area contributed by atoms with E-state index in [9.17, 15) is 13.2 Å². The van der Waals surface area contributed by atoms with Crippen molar-refractivity contribution in [2.24, 2.45) is 5.14 Å². The van der Waals surface area contributed by atoms with Crippen LogP contribution < -0.4 is 10.5 Å². The average Bonchev–Trinajstić information content (AvgIpc) is 3.23. The highest BCUT2D eigenvalue weighted by Gasteiger charge is 2.22. The number of benzene rings is 1. The zero-order valence-electron chi connectivity index (χ0n) is 13.4. The Bertz CT molecular complexity index is 1060. The maximum absolute atomic E-state index is 11.8. The average molecular weight is 413 g/mol. The molecule has 3 rings (SSSR count). The van der Waals surface area contributed by atoms with E-state index in [1.807, 2.05) is 17.5 Å². The van der Waals surface area contributed by atoms with Crippen LogP contribution in [0, 0.1) is 0 Å². The summed E-state index contributed by atoms with van der Waals surface area (Å²) in [6, 6.07) is 6.52. The van der Waals surface area contributed by atoms with Crippen molar-refractivity contribution in [3.8, 4) is 11.4 Å². The molecule has 0 aliphatic rings. The Morgan fingerprint density at radius 1 is 1.42 bits per heavy atom. The molecule has 12 heteroatoms. The number of sulfonamides is 1. The molecule has 0 fully saturated rings. The molecule has 2 aromatic heterocycles. The van der Waals surface area contributed by atoms with E-state index >= 15 is 0 Å². The van der Waals surface area contributed by atoms with Crippen molar-refractivity contribution in [1.29, 1.82) is 0 Å². The lowest BCUT2D eigenvalue weighted by atomic mass is 10.1. The minimum Gasteiger partial charge on any atom is -0.380 e. The van der Waals surface area contributed by atoms with Gasteiger partial charge in [-0.2, -0.15) is 4.68 Å². The standard InChI is InChI=1S/C14H13ClN6O3S2/c1-8(22)21-14(18-19-20-21)10-5-13(26(16,23)24)11(15)6-12(10)17-7-9-3-2-4-25-9/h2-6,17H,7H2,1H3,(H2,16,23,24). The molecule has 0 bridgehead atoms. The van der Waals surface area contributed by atoms with Crippen LogP contribution in [0.25, 0.3) is 11.4 Å². The number of anilines is 1. The molecule has 0 unspecified atom stereocenters. The predicted octanol–water partition coefficient (Wildman–Crippen LogP) is 1.97. The second-order valence-electron chi connectivity index (χ2n) is 5.24. The zero-order valence-corrected chi connectivity index (χ0v) is 15.8. The van der Waals surface area contributed by atoms with Crippen molar-refractivity contribution in [1.82, 2.24) is 20.2 Å². The van der Waals surface area contributed by atoms with Crippen molar-refractivity contribution in [2.45, 2.75) is 18.4 Å². The van der Waals surface area contributed by atoms with E-state index in [1.54, 1.807) is 11.3 Å². The lowest BCUT2D eigenvalue weighted by Crippen LogP contribution is -2.15. The van der Waals surface area contributed by atoms with Crippen LogP contribution >= 0.6 is 22.9 Å². The fourth-order valence-electron chi connectivity index (χ4n) is 2.27. The summed E-state index contributed by atoms with van der Waals surface area (Å²) < 4.78 is 24.6. The van der Waals surface area contributed by atoms with Gasteiger partial charge in [-0.25, -0.2) is 13.6 Å². The van der Waals surface area contributed by atoms with Gasteiger partial charge in [0.15, 0.2) is 5.82 Å². The lowest BCUT2D eigenvalue weighted by Gasteiger charge is -2.13. The number of nitrogens with two attached hydrogens (primary N) is 1. The lowest BCUT2D eigenvalue weighted by molar-refractivity contribution is 0.0921. The summed E-state index contributed by atoms with van der Waals surface area (Å²) >= 11 is 7.64. The Morgan fingerprint density at radius 3 is 2.81 bits per heavy atom. The molecule has 9 nitrogen and oxygen atoms in total. The van der Waals surface area contributed by atoms with Gasteiger partial charge in [0.2, 0.25) is 15.9 Å². The summed E-state index contributed by atoms with van der Waals surface area (Å²) in [6.07, 6.45) is 0. The molecule has 136 valence electrons. The van der Waals surface area contributed by atoms with E-state index in [4.69, 9.17) is 16.7 Å². The maximum Gasteiger partial charge on any atom is 0.247 e. The molecule has 0 amide bonds. The Hall–Kier alpha value is -2.34. The summed E-state index contributed by atoms with van der Waals surface area (Å²) in [4.78, 5) is 12.5. The number of primary sulfonamides is 1. The van der Waals surface area contributed by atoms with Crippen LogP contribution in [-0.2, 0) is 16.6 Å². The van der Waals surface area contributed by atoms with Gasteiger partial charge in [0.25, 0.3) is 0 Å². The minimum absolute atomic E-state index is 0.0493. The van der Waals surface area contributed by atoms with E-state index in [2.05, 4.69) is 20.8 Å². The number of nitrogens with zero attached hydrogens (tertiary/aromatic N) is 4. The monoisotopic (exact) mass is 412 g/mol. The van der Waals surface area contributed by atoms with E-state index in [0.717, 1.165) is 9.56 Å². The van der Waals surface area contributed by atoms with Gasteiger partial charge < -0.3 is 5.32 Å². The minimum atomic E-state index is -4.08. The molecule has 0 saturated carbocycles. The number of aromatic nitrogens is 4. The van der Waals surface area contributed by atoms with E-state index in [0.29, 0.717) is 12.2 Å². The molecule has 0 aliphatic carbocycles. The molecule has 26 heavy (non-hydrogen) atoms. The van der Waals surface area contributed by atoms with Gasteiger partial charge in [-0.3, -0.25) is 4.79 Å². The summed E-state index contributed by atoms with van der Waals surface area (Å²) in [7, 11) is -4.08. The van der Waals surface area contributed by atoms with Crippen LogP contribution in [0.15, 0.2) is 34.5 Å². The van der Waals surface area contributed by atoms with E-state index in [1.165, 1.54) is 19.1 Å². The van der Waals surface area contributed by atoms with Crippen LogP contribution in [0.3, 0.4) is 0 Å². The number of halogens is 1. The first kappa shape index (κ1) is 18.5. The third-order valence-electron chi connectivity index (χ3n) is 3.42. The number of nitrogens with one attached hydrogen (secondary N) is 1. The van der Waals surface area contributed by atoms with Crippen LogP contribution in [0.1, 0.15) is 16.6 Å². The van der Waals surface area contributed by atoms with Gasteiger partial charge >= 0.3 is 0 Å². The highest BCUT2D eigenvalue weighted by atomic mass is 35.5. The first-order valence-electron chi connectivity index (χ1n) is 7.19. The molecule has 3 aromatic rings. The third kappa shape index (κ3) is 3.75. The fourth-order valence-corrected chi connectivity index (χ4v) is 4.01. The van der Waals surface area contributed by atoms with Crippen molar-refractivity contribution in [2.75, 3.05) is 5.32 Å². The van der Waals surface area contributed by atoms with Gasteiger partial charge in [0.1, 0.15) is 4.90 Å². The van der Waals surface area contributed by atoms with Crippen LogP contribution in [-0.4, -0.2) is 34.5 Å². The Kier molecular flexibility index (Phi) is 5.05. The Balaban J connectivity index is 2.14. The molecule has 2 heterocycles. The number of carbonyl (C=O) groups is 1. The number of thiophene rings is 1. The molecule has 3 N–H and O–H groups in total. The fraction of sp³-hybridized carbons (Fsp3) is 0.143. The molecule has 0 atom stereocenters. The zero-order chi connectivity index (χ0) is 18.9. The van der Waals surface area contributed by atoms with Gasteiger partial charge in [0, 0.05) is 29.6 Å². The molecule has 0 spiro atoms. The third-order valence-corrected chi connectivity index (χ3v) is 5.67. The number of tetrazole rings is 1. The van der Waals surface area contributed by atoms with Gasteiger partial charge in [0.05, 0.1) is 5.02 Å². The second kappa shape index (κ2) is 7.11. The number of rotatable bonds is 5. The number of hydrogen-bond donors (Lipinski definition) is 2. The SMILES string of the molecule is CC(=O)n1nnnc1-c1cc(S(N)(=O)=O)c(Cl)cc1NCc1cccs1. The summed E-state index contributed by atoms with van der Waals surface area (Å²) in [6.45, 7) is 1.76. The van der Waals surface area contributed by atoms with Crippen LogP contribution in [0.4, 0.5) is 5.69 Å². The summed E-state index contributed by atoms with van der Waals surface area (Å²) in [5, 5.41) is 21.2. The molecule has 0 radical (unpaired) electrons. The molecular weight excluding hydrogens is 400 g/mol. The highest BCUT2D eigenvalue weighted by Crippen LogP contribution is 2.34. The molecule has 0 aliphatic heterocycles. The number of hydrogen-bond acceptors (Lipinski definition) is 8. The molecule has 0 saturated heterocycles. The normalized spacial score (nSPS) is 11.5. The van der Waals surface area contributed by atoms with Crippen molar-refractivity contribution in [3.05, 3.63) is 39.5 Å².